The van der Waals surface area contributed by atoms with E-state index < -0.39 is 10.0 Å². The van der Waals surface area contributed by atoms with Gasteiger partial charge in [0.05, 0.1) is 4.90 Å². The standard InChI is InChI=1S/C14H25N3O2S/c1-11(2)17(4)10-6-9-16-20(18,19)14-8-5-7-13(15)12(14)3/h5,7-8,11,16H,6,9-10,15H2,1-4H3. The Morgan fingerprint density at radius 3 is 2.60 bits per heavy atom. The van der Waals surface area contributed by atoms with Crippen LogP contribution < -0.4 is 10.5 Å². The van der Waals surface area contributed by atoms with Gasteiger partial charge in [-0.1, -0.05) is 6.07 Å². The number of benzene rings is 1. The van der Waals surface area contributed by atoms with Crippen LogP contribution in [0.3, 0.4) is 0 Å². The van der Waals surface area contributed by atoms with E-state index in [1.54, 1.807) is 25.1 Å². The minimum atomic E-state index is -3.48. The number of nitrogens with two attached hydrogens (primary N) is 1. The third-order valence-corrected chi connectivity index (χ3v) is 5.08. The Morgan fingerprint density at radius 1 is 1.35 bits per heavy atom. The summed E-state index contributed by atoms with van der Waals surface area (Å²) in [6, 6.07) is 5.40. The zero-order valence-electron chi connectivity index (χ0n) is 12.7. The molecule has 0 atom stereocenters. The Morgan fingerprint density at radius 2 is 2.00 bits per heavy atom. The van der Waals surface area contributed by atoms with E-state index in [0.717, 1.165) is 13.0 Å². The molecule has 5 nitrogen and oxygen atoms in total. The molecule has 1 rings (SSSR count). The van der Waals surface area contributed by atoms with Gasteiger partial charge in [-0.05, 0) is 58.5 Å². The molecule has 0 aliphatic heterocycles. The molecule has 0 saturated heterocycles. The Balaban J connectivity index is 2.61. The van der Waals surface area contributed by atoms with Gasteiger partial charge in [0.15, 0.2) is 0 Å². The van der Waals surface area contributed by atoms with Crippen LogP contribution in [0.5, 0.6) is 0 Å². The van der Waals surface area contributed by atoms with Gasteiger partial charge in [0.25, 0.3) is 0 Å². The third-order valence-electron chi connectivity index (χ3n) is 3.48. The fraction of sp³-hybridized carbons (Fsp3) is 0.571. The molecule has 0 aliphatic carbocycles. The van der Waals surface area contributed by atoms with Crippen molar-refractivity contribution in [3.63, 3.8) is 0 Å². The highest BCUT2D eigenvalue weighted by Gasteiger charge is 2.17. The topological polar surface area (TPSA) is 75.4 Å². The Labute approximate surface area is 122 Å². The molecular formula is C14H25N3O2S. The second kappa shape index (κ2) is 7.06. The predicted molar refractivity (Wildman–Crippen MR) is 83.2 cm³/mol. The largest absolute Gasteiger partial charge is 0.398 e. The summed E-state index contributed by atoms with van der Waals surface area (Å²) in [4.78, 5) is 2.44. The average Bonchev–Trinajstić information content (AvgIpc) is 2.37. The van der Waals surface area contributed by atoms with Crippen molar-refractivity contribution in [3.8, 4) is 0 Å². The van der Waals surface area contributed by atoms with Gasteiger partial charge in [-0.3, -0.25) is 0 Å². The molecule has 114 valence electrons. The lowest BCUT2D eigenvalue weighted by Gasteiger charge is -2.20. The van der Waals surface area contributed by atoms with Gasteiger partial charge in [-0.15, -0.1) is 0 Å². The van der Waals surface area contributed by atoms with Crippen LogP contribution in [0.4, 0.5) is 5.69 Å². The van der Waals surface area contributed by atoms with E-state index in [4.69, 9.17) is 5.73 Å². The highest BCUT2D eigenvalue weighted by atomic mass is 32.2. The first-order valence-corrected chi connectivity index (χ1v) is 8.29. The number of nitrogen functional groups attached to an aromatic ring is 1. The van der Waals surface area contributed by atoms with Gasteiger partial charge in [0, 0.05) is 18.3 Å². The second-order valence-electron chi connectivity index (χ2n) is 5.30. The zero-order chi connectivity index (χ0) is 15.3. The quantitative estimate of drug-likeness (QED) is 0.592. The maximum absolute atomic E-state index is 12.2. The summed E-state index contributed by atoms with van der Waals surface area (Å²) in [6.45, 7) is 7.22. The van der Waals surface area contributed by atoms with Gasteiger partial charge < -0.3 is 10.6 Å². The second-order valence-corrected chi connectivity index (χ2v) is 7.03. The Hall–Kier alpha value is -1.11. The normalized spacial score (nSPS) is 12.3. The van der Waals surface area contributed by atoms with E-state index in [2.05, 4.69) is 23.5 Å². The summed E-state index contributed by atoms with van der Waals surface area (Å²) >= 11 is 0. The molecule has 0 fully saturated rings. The van der Waals surface area contributed by atoms with E-state index in [1.165, 1.54) is 0 Å². The first-order chi connectivity index (χ1) is 9.25. The van der Waals surface area contributed by atoms with Crippen molar-refractivity contribution in [1.82, 2.24) is 9.62 Å². The molecular weight excluding hydrogens is 274 g/mol. The molecule has 20 heavy (non-hydrogen) atoms. The predicted octanol–water partition coefficient (Wildman–Crippen LogP) is 1.59. The summed E-state index contributed by atoms with van der Waals surface area (Å²) in [7, 11) is -1.45. The molecule has 1 aromatic rings. The van der Waals surface area contributed by atoms with Gasteiger partial charge in [0.2, 0.25) is 10.0 Å². The lowest BCUT2D eigenvalue weighted by molar-refractivity contribution is 0.271. The van der Waals surface area contributed by atoms with Crippen molar-refractivity contribution >= 4 is 15.7 Å². The number of nitrogens with zero attached hydrogens (tertiary/aromatic N) is 1. The van der Waals surface area contributed by atoms with Crippen LogP contribution in [-0.4, -0.2) is 39.5 Å². The van der Waals surface area contributed by atoms with Crippen LogP contribution in [0.25, 0.3) is 0 Å². The van der Waals surface area contributed by atoms with Crippen LogP contribution in [-0.2, 0) is 10.0 Å². The van der Waals surface area contributed by atoms with E-state index in [9.17, 15) is 8.42 Å². The zero-order valence-corrected chi connectivity index (χ0v) is 13.5. The van der Waals surface area contributed by atoms with Crippen molar-refractivity contribution in [2.75, 3.05) is 25.9 Å². The summed E-state index contributed by atoms with van der Waals surface area (Å²) < 4.78 is 27.0. The van der Waals surface area contributed by atoms with Crippen molar-refractivity contribution in [2.24, 2.45) is 0 Å². The fourth-order valence-corrected chi connectivity index (χ4v) is 3.14. The van der Waals surface area contributed by atoms with E-state index in [1.807, 2.05) is 7.05 Å². The Bertz CT molecular complexity index is 541. The molecule has 6 heteroatoms. The number of rotatable bonds is 7. The summed E-state index contributed by atoms with van der Waals surface area (Å²) in [6.07, 6.45) is 0.773. The van der Waals surface area contributed by atoms with E-state index >= 15 is 0 Å². The molecule has 0 amide bonds. The van der Waals surface area contributed by atoms with Gasteiger partial charge in [-0.25, -0.2) is 13.1 Å². The van der Waals surface area contributed by atoms with Crippen LogP contribution in [0.1, 0.15) is 25.8 Å². The molecule has 1 aromatic carbocycles. The van der Waals surface area contributed by atoms with Crippen molar-refractivity contribution < 1.29 is 8.42 Å². The number of anilines is 1. The molecule has 0 spiro atoms. The summed E-state index contributed by atoms with van der Waals surface area (Å²) in [5.74, 6) is 0. The lowest BCUT2D eigenvalue weighted by atomic mass is 10.2. The number of sulfonamides is 1. The molecule has 0 heterocycles. The monoisotopic (exact) mass is 299 g/mol. The maximum Gasteiger partial charge on any atom is 0.240 e. The van der Waals surface area contributed by atoms with Gasteiger partial charge >= 0.3 is 0 Å². The van der Waals surface area contributed by atoms with E-state index in [-0.39, 0.29) is 4.90 Å². The van der Waals surface area contributed by atoms with Gasteiger partial charge in [0.1, 0.15) is 0 Å². The van der Waals surface area contributed by atoms with Crippen molar-refractivity contribution in [3.05, 3.63) is 23.8 Å². The first-order valence-electron chi connectivity index (χ1n) is 6.80. The van der Waals surface area contributed by atoms with Crippen molar-refractivity contribution in [2.45, 2.75) is 38.1 Å². The highest BCUT2D eigenvalue weighted by Crippen LogP contribution is 2.20. The molecule has 0 radical (unpaired) electrons. The molecule has 0 bridgehead atoms. The third kappa shape index (κ3) is 4.47. The summed E-state index contributed by atoms with van der Waals surface area (Å²) in [5.41, 5.74) is 6.84. The van der Waals surface area contributed by atoms with Crippen molar-refractivity contribution in [1.29, 1.82) is 0 Å². The van der Waals surface area contributed by atoms with Gasteiger partial charge in [-0.2, -0.15) is 0 Å². The van der Waals surface area contributed by atoms with E-state index in [0.29, 0.717) is 23.8 Å². The van der Waals surface area contributed by atoms with Crippen LogP contribution in [0, 0.1) is 6.92 Å². The lowest BCUT2D eigenvalue weighted by Crippen LogP contribution is -2.31. The number of hydrogen-bond acceptors (Lipinski definition) is 4. The van der Waals surface area contributed by atoms with Crippen LogP contribution in [0.15, 0.2) is 23.1 Å². The minimum Gasteiger partial charge on any atom is -0.398 e. The van der Waals surface area contributed by atoms with Crippen LogP contribution in [0.2, 0.25) is 0 Å². The molecule has 0 unspecified atom stereocenters. The van der Waals surface area contributed by atoms with Crippen LogP contribution >= 0.6 is 0 Å². The Kier molecular flexibility index (Phi) is 5.98. The molecule has 0 saturated carbocycles. The minimum absolute atomic E-state index is 0.259. The molecule has 0 aromatic heterocycles. The summed E-state index contributed by atoms with van der Waals surface area (Å²) in [5, 5.41) is 0. The SMILES string of the molecule is Cc1c(N)cccc1S(=O)(=O)NCCCN(C)C(C)C. The number of hydrogen-bond donors (Lipinski definition) is 2. The highest BCUT2D eigenvalue weighted by molar-refractivity contribution is 7.89. The smallest absolute Gasteiger partial charge is 0.240 e. The first kappa shape index (κ1) is 16.9. The fourth-order valence-electron chi connectivity index (χ4n) is 1.79. The number of nitrogens with one attached hydrogen (secondary N) is 1. The average molecular weight is 299 g/mol. The molecule has 3 N–H and O–H groups in total. The maximum atomic E-state index is 12.2. The molecule has 0 aliphatic rings.